The molecule has 0 spiro atoms. The van der Waals surface area contributed by atoms with Crippen LogP contribution in [-0.2, 0) is 0 Å². The zero-order chi connectivity index (χ0) is 8.36. The summed E-state index contributed by atoms with van der Waals surface area (Å²) in [6.07, 6.45) is 14.2. The van der Waals surface area contributed by atoms with Gasteiger partial charge in [-0.1, -0.05) is 58.8 Å². The molecule has 0 bridgehead atoms. The summed E-state index contributed by atoms with van der Waals surface area (Å²) in [7, 11) is 0. The van der Waals surface area contributed by atoms with Gasteiger partial charge < -0.3 is 0 Å². The van der Waals surface area contributed by atoms with Crippen LogP contribution >= 0.6 is 0 Å². The predicted octanol–water partition coefficient (Wildman–Crippen LogP) is 4.17. The van der Waals surface area contributed by atoms with Crippen LogP contribution in [0.3, 0.4) is 0 Å². The SMILES string of the molecule is C[CH]CCCCCCC[CH]C. The Hall–Kier alpha value is 0. The Morgan fingerprint density at radius 2 is 1.00 bits per heavy atom. The molecule has 0 aliphatic carbocycles. The molecule has 0 amide bonds. The maximum absolute atomic E-state index is 2.26. The minimum absolute atomic E-state index is 1.31. The molecule has 0 aromatic carbocycles. The van der Waals surface area contributed by atoms with Crippen LogP contribution < -0.4 is 0 Å². The van der Waals surface area contributed by atoms with Gasteiger partial charge in [-0.05, 0) is 12.8 Å². The Bertz CT molecular complexity index is 49.1. The van der Waals surface area contributed by atoms with Crippen LogP contribution in [0.2, 0.25) is 0 Å². The van der Waals surface area contributed by atoms with E-state index < -0.39 is 0 Å². The van der Waals surface area contributed by atoms with Gasteiger partial charge >= 0.3 is 0 Å². The van der Waals surface area contributed by atoms with Crippen molar-refractivity contribution in [2.45, 2.75) is 58.8 Å². The van der Waals surface area contributed by atoms with Gasteiger partial charge in [0.1, 0.15) is 0 Å². The van der Waals surface area contributed by atoms with Crippen LogP contribution in [0.25, 0.3) is 0 Å². The van der Waals surface area contributed by atoms with Gasteiger partial charge in [0.15, 0.2) is 0 Å². The maximum atomic E-state index is 2.26. The van der Waals surface area contributed by atoms with Crippen LogP contribution in [0, 0.1) is 12.8 Å². The number of rotatable bonds is 8. The molecule has 0 unspecified atom stereocenters. The van der Waals surface area contributed by atoms with Gasteiger partial charge in [0.25, 0.3) is 0 Å². The predicted molar refractivity (Wildman–Crippen MR) is 52.3 cm³/mol. The number of hydrogen-bond acceptors (Lipinski definition) is 0. The van der Waals surface area contributed by atoms with E-state index in [1.54, 1.807) is 0 Å². The smallest absolute Gasteiger partial charge is 0.0417 e. The lowest BCUT2D eigenvalue weighted by Gasteiger charge is -1.98. The van der Waals surface area contributed by atoms with Crippen molar-refractivity contribution in [1.82, 2.24) is 0 Å². The molecule has 11 heavy (non-hydrogen) atoms. The van der Waals surface area contributed by atoms with Gasteiger partial charge in [0, 0.05) is 0 Å². The Labute approximate surface area is 72.4 Å². The summed E-state index contributed by atoms with van der Waals surface area (Å²) in [6, 6.07) is 0. The molecule has 0 atom stereocenters. The van der Waals surface area contributed by atoms with E-state index in [2.05, 4.69) is 26.7 Å². The van der Waals surface area contributed by atoms with Crippen molar-refractivity contribution in [2.24, 2.45) is 0 Å². The lowest BCUT2D eigenvalue weighted by Crippen LogP contribution is -1.79. The average Bonchev–Trinajstić information content (AvgIpc) is 2.03. The highest BCUT2D eigenvalue weighted by molar-refractivity contribution is 4.57. The lowest BCUT2D eigenvalue weighted by molar-refractivity contribution is 0.609. The molecule has 0 aromatic heterocycles. The highest BCUT2D eigenvalue weighted by atomic mass is 13.9. The van der Waals surface area contributed by atoms with E-state index in [-0.39, 0.29) is 0 Å². The van der Waals surface area contributed by atoms with Crippen molar-refractivity contribution in [2.75, 3.05) is 0 Å². The molecule has 0 rings (SSSR count). The molecule has 0 fully saturated rings. The fourth-order valence-corrected chi connectivity index (χ4v) is 1.23. The van der Waals surface area contributed by atoms with E-state index in [1.165, 1.54) is 44.9 Å². The van der Waals surface area contributed by atoms with Gasteiger partial charge in [0.2, 0.25) is 0 Å². The maximum Gasteiger partial charge on any atom is -0.0417 e. The van der Waals surface area contributed by atoms with Gasteiger partial charge in [-0.15, -0.1) is 0 Å². The van der Waals surface area contributed by atoms with E-state index in [1.807, 2.05) is 0 Å². The summed E-state index contributed by atoms with van der Waals surface area (Å²) >= 11 is 0. The molecule has 0 aromatic rings. The van der Waals surface area contributed by atoms with Crippen molar-refractivity contribution in [3.8, 4) is 0 Å². The zero-order valence-corrected chi connectivity index (χ0v) is 8.10. The van der Waals surface area contributed by atoms with Crippen LogP contribution in [0.4, 0.5) is 0 Å². The third-order valence-corrected chi connectivity index (χ3v) is 1.99. The van der Waals surface area contributed by atoms with Crippen molar-refractivity contribution in [3.05, 3.63) is 12.8 Å². The average molecular weight is 154 g/mol. The van der Waals surface area contributed by atoms with Crippen molar-refractivity contribution >= 4 is 0 Å². The second kappa shape index (κ2) is 10.0. The standard InChI is InChI=1S/C11H22/c1-3-5-7-9-11-10-8-6-4-2/h3-4H,5-11H2,1-2H3. The fraction of sp³-hybridized carbons (Fsp3) is 0.818. The topological polar surface area (TPSA) is 0 Å². The second-order valence-corrected chi connectivity index (χ2v) is 3.16. The molecule has 66 valence electrons. The highest BCUT2D eigenvalue weighted by Gasteiger charge is 1.89. The van der Waals surface area contributed by atoms with Crippen LogP contribution in [0.5, 0.6) is 0 Å². The molecule has 0 saturated heterocycles. The largest absolute Gasteiger partial charge is 0.0623 e. The van der Waals surface area contributed by atoms with Gasteiger partial charge in [-0.2, -0.15) is 0 Å². The first-order chi connectivity index (χ1) is 5.41. The summed E-state index contributed by atoms with van der Waals surface area (Å²) in [4.78, 5) is 0. The molecule has 0 saturated carbocycles. The number of unbranched alkanes of at least 4 members (excludes halogenated alkanes) is 8. The van der Waals surface area contributed by atoms with Crippen LogP contribution in [0.15, 0.2) is 0 Å². The minimum atomic E-state index is 1.31. The minimum Gasteiger partial charge on any atom is -0.0623 e. The fourth-order valence-electron chi connectivity index (χ4n) is 1.23. The van der Waals surface area contributed by atoms with E-state index in [9.17, 15) is 0 Å². The summed E-state index contributed by atoms with van der Waals surface area (Å²) in [6.45, 7) is 4.29. The Morgan fingerprint density at radius 1 is 0.636 bits per heavy atom. The van der Waals surface area contributed by atoms with E-state index >= 15 is 0 Å². The molecular weight excluding hydrogens is 132 g/mol. The molecule has 0 heterocycles. The van der Waals surface area contributed by atoms with E-state index in [0.717, 1.165) is 0 Å². The van der Waals surface area contributed by atoms with Gasteiger partial charge in [-0.25, -0.2) is 0 Å². The summed E-state index contributed by atoms with van der Waals surface area (Å²) < 4.78 is 0. The molecule has 0 aliphatic heterocycles. The molecule has 0 N–H and O–H groups in total. The monoisotopic (exact) mass is 154 g/mol. The quantitative estimate of drug-likeness (QED) is 0.460. The molecular formula is C11H22. The Kier molecular flexibility index (Phi) is 10.0. The summed E-state index contributed by atoms with van der Waals surface area (Å²) in [5, 5.41) is 0. The van der Waals surface area contributed by atoms with Gasteiger partial charge in [-0.3, -0.25) is 0 Å². The van der Waals surface area contributed by atoms with E-state index in [4.69, 9.17) is 0 Å². The first kappa shape index (κ1) is 11.0. The van der Waals surface area contributed by atoms with Crippen LogP contribution in [-0.4, -0.2) is 0 Å². The normalized spacial score (nSPS) is 10.4. The molecule has 0 aliphatic rings. The Morgan fingerprint density at radius 3 is 1.36 bits per heavy atom. The third kappa shape index (κ3) is 10.0. The molecule has 0 nitrogen and oxygen atoms in total. The third-order valence-electron chi connectivity index (χ3n) is 1.99. The summed E-state index contributed by atoms with van der Waals surface area (Å²) in [5.41, 5.74) is 0. The summed E-state index contributed by atoms with van der Waals surface area (Å²) in [5.74, 6) is 0. The second-order valence-electron chi connectivity index (χ2n) is 3.16. The van der Waals surface area contributed by atoms with Gasteiger partial charge in [0.05, 0.1) is 0 Å². The van der Waals surface area contributed by atoms with Crippen molar-refractivity contribution < 1.29 is 0 Å². The first-order valence-corrected chi connectivity index (χ1v) is 4.97. The Balaban J connectivity index is 2.69. The molecule has 2 radical (unpaired) electrons. The van der Waals surface area contributed by atoms with Crippen LogP contribution in [0.1, 0.15) is 58.8 Å². The first-order valence-electron chi connectivity index (χ1n) is 4.97. The highest BCUT2D eigenvalue weighted by Crippen LogP contribution is 2.08. The lowest BCUT2D eigenvalue weighted by atomic mass is 10.1. The zero-order valence-electron chi connectivity index (χ0n) is 8.10. The van der Waals surface area contributed by atoms with Crippen molar-refractivity contribution in [3.63, 3.8) is 0 Å². The van der Waals surface area contributed by atoms with Crippen molar-refractivity contribution in [1.29, 1.82) is 0 Å². The molecule has 0 heteroatoms. The van der Waals surface area contributed by atoms with E-state index in [0.29, 0.717) is 0 Å². The number of hydrogen-bond donors (Lipinski definition) is 0.